The topological polar surface area (TPSA) is 51.0 Å². The maximum atomic E-state index is 5.67. The molecule has 0 aliphatic carbocycles. The van der Waals surface area contributed by atoms with E-state index < -0.39 is 0 Å². The van der Waals surface area contributed by atoms with Crippen LogP contribution in [0.2, 0.25) is 0 Å². The van der Waals surface area contributed by atoms with E-state index in [4.69, 9.17) is 4.42 Å². The van der Waals surface area contributed by atoms with Crippen molar-refractivity contribution in [3.8, 4) is 0 Å². The van der Waals surface area contributed by atoms with Gasteiger partial charge in [0.05, 0.1) is 10.2 Å². The molecule has 0 amide bonds. The highest BCUT2D eigenvalue weighted by atomic mass is 32.1. The lowest BCUT2D eigenvalue weighted by molar-refractivity contribution is 0.623. The number of nitrogens with zero attached hydrogens (tertiary/aromatic N) is 2. The molecule has 2 aromatic carbocycles. The van der Waals surface area contributed by atoms with Crippen LogP contribution in [-0.4, -0.2) is 9.97 Å². The number of rotatable bonds is 2. The number of anilines is 2. The Balaban J connectivity index is 1.77. The van der Waals surface area contributed by atoms with Gasteiger partial charge in [0.2, 0.25) is 0 Å². The zero-order valence-electron chi connectivity index (χ0n) is 11.7. The molecular formula is C16H13N3OS. The Morgan fingerprint density at radius 3 is 2.62 bits per heavy atom. The Hall–Kier alpha value is -2.40. The van der Waals surface area contributed by atoms with Gasteiger partial charge in [-0.15, -0.1) is 0 Å². The van der Waals surface area contributed by atoms with Crippen molar-refractivity contribution >= 4 is 43.8 Å². The van der Waals surface area contributed by atoms with Crippen molar-refractivity contribution in [3.63, 3.8) is 0 Å². The summed E-state index contributed by atoms with van der Waals surface area (Å²) in [6.45, 7) is 4.17. The molecular weight excluding hydrogens is 282 g/mol. The zero-order valence-corrected chi connectivity index (χ0v) is 12.5. The van der Waals surface area contributed by atoms with E-state index in [0.717, 1.165) is 21.7 Å². The third-order valence-electron chi connectivity index (χ3n) is 3.45. The van der Waals surface area contributed by atoms with Gasteiger partial charge in [-0.2, -0.15) is 4.98 Å². The Bertz CT molecular complexity index is 883. The highest BCUT2D eigenvalue weighted by Crippen LogP contribution is 2.32. The number of oxazole rings is 1. The van der Waals surface area contributed by atoms with Gasteiger partial charge in [0.1, 0.15) is 5.52 Å². The van der Waals surface area contributed by atoms with Crippen LogP contribution in [0.4, 0.5) is 11.1 Å². The van der Waals surface area contributed by atoms with E-state index in [9.17, 15) is 0 Å². The summed E-state index contributed by atoms with van der Waals surface area (Å²) in [5.74, 6) is 0. The van der Waals surface area contributed by atoms with Crippen LogP contribution >= 0.6 is 11.3 Å². The van der Waals surface area contributed by atoms with Gasteiger partial charge in [0.15, 0.2) is 10.7 Å². The summed E-state index contributed by atoms with van der Waals surface area (Å²) in [4.78, 5) is 9.06. The molecule has 1 N–H and O–H groups in total. The van der Waals surface area contributed by atoms with Crippen LogP contribution in [0.5, 0.6) is 0 Å². The maximum Gasteiger partial charge on any atom is 0.302 e. The summed E-state index contributed by atoms with van der Waals surface area (Å²) in [5, 5.41) is 3.97. The third kappa shape index (κ3) is 2.06. The van der Waals surface area contributed by atoms with Gasteiger partial charge in [-0.25, -0.2) is 4.98 Å². The SMILES string of the molecule is Cc1ccc(C)c2sc(Nc3nc4ccccc4o3)nc12. The number of aromatic nitrogens is 2. The van der Waals surface area contributed by atoms with Gasteiger partial charge < -0.3 is 4.42 Å². The fourth-order valence-corrected chi connectivity index (χ4v) is 3.33. The quantitative estimate of drug-likeness (QED) is 0.577. The number of nitrogens with one attached hydrogen (secondary N) is 1. The summed E-state index contributed by atoms with van der Waals surface area (Å²) in [6, 6.07) is 12.4. The standard InChI is InChI=1S/C16H13N3OS/c1-9-7-8-10(2)14-13(9)18-16(21-14)19-15-17-11-5-3-4-6-12(11)20-15/h3-8H,1-2H3,(H,17,18,19). The first kappa shape index (κ1) is 12.3. The Morgan fingerprint density at radius 2 is 1.81 bits per heavy atom. The average molecular weight is 295 g/mol. The molecule has 4 nitrogen and oxygen atoms in total. The molecule has 0 aliphatic rings. The lowest BCUT2D eigenvalue weighted by Crippen LogP contribution is -1.88. The Labute approximate surface area is 125 Å². The molecule has 0 spiro atoms. The summed E-state index contributed by atoms with van der Waals surface area (Å²) in [7, 11) is 0. The van der Waals surface area contributed by atoms with Crippen molar-refractivity contribution in [2.45, 2.75) is 13.8 Å². The summed E-state index contributed by atoms with van der Waals surface area (Å²) >= 11 is 1.62. The molecule has 4 aromatic rings. The van der Waals surface area contributed by atoms with Crippen LogP contribution in [0.1, 0.15) is 11.1 Å². The molecule has 2 heterocycles. The lowest BCUT2D eigenvalue weighted by atomic mass is 10.1. The third-order valence-corrected chi connectivity index (χ3v) is 4.56. The molecule has 104 valence electrons. The molecule has 0 unspecified atom stereocenters. The first-order chi connectivity index (χ1) is 10.2. The first-order valence-corrected chi connectivity index (χ1v) is 7.52. The molecule has 0 bridgehead atoms. The molecule has 2 aromatic heterocycles. The normalized spacial score (nSPS) is 11.3. The molecule has 0 saturated carbocycles. The van der Waals surface area contributed by atoms with E-state index in [1.807, 2.05) is 24.3 Å². The van der Waals surface area contributed by atoms with Gasteiger partial charge in [-0.1, -0.05) is 35.6 Å². The highest BCUT2D eigenvalue weighted by molar-refractivity contribution is 7.22. The van der Waals surface area contributed by atoms with Gasteiger partial charge in [0.25, 0.3) is 0 Å². The molecule has 0 fully saturated rings. The minimum atomic E-state index is 0.477. The number of hydrogen-bond acceptors (Lipinski definition) is 5. The van der Waals surface area contributed by atoms with Gasteiger partial charge >= 0.3 is 6.01 Å². The Kier molecular flexibility index (Phi) is 2.68. The molecule has 21 heavy (non-hydrogen) atoms. The van der Waals surface area contributed by atoms with E-state index in [1.54, 1.807) is 11.3 Å². The monoisotopic (exact) mass is 295 g/mol. The number of para-hydroxylation sites is 2. The summed E-state index contributed by atoms with van der Waals surface area (Å²) in [6.07, 6.45) is 0. The molecule has 0 aliphatic heterocycles. The second kappa shape index (κ2) is 4.56. The van der Waals surface area contributed by atoms with E-state index in [2.05, 4.69) is 41.3 Å². The first-order valence-electron chi connectivity index (χ1n) is 6.70. The van der Waals surface area contributed by atoms with Crippen LogP contribution in [-0.2, 0) is 0 Å². The second-order valence-electron chi connectivity index (χ2n) is 5.01. The molecule has 4 rings (SSSR count). The van der Waals surface area contributed by atoms with Crippen molar-refractivity contribution in [2.75, 3.05) is 5.32 Å². The molecule has 5 heteroatoms. The van der Waals surface area contributed by atoms with E-state index in [0.29, 0.717) is 6.01 Å². The predicted octanol–water partition coefficient (Wildman–Crippen LogP) is 4.80. The number of hydrogen-bond donors (Lipinski definition) is 1. The summed E-state index contributed by atoms with van der Waals surface area (Å²) < 4.78 is 6.88. The fraction of sp³-hybridized carbons (Fsp3) is 0.125. The molecule has 0 saturated heterocycles. The molecule has 0 atom stereocenters. The van der Waals surface area contributed by atoms with Crippen molar-refractivity contribution in [2.24, 2.45) is 0 Å². The fourth-order valence-electron chi connectivity index (χ4n) is 2.33. The number of thiazole rings is 1. The van der Waals surface area contributed by atoms with E-state index in [1.165, 1.54) is 15.8 Å². The average Bonchev–Trinajstić information content (AvgIpc) is 3.07. The van der Waals surface area contributed by atoms with E-state index in [-0.39, 0.29) is 0 Å². The second-order valence-corrected chi connectivity index (χ2v) is 6.01. The predicted molar refractivity (Wildman–Crippen MR) is 86.4 cm³/mol. The largest absolute Gasteiger partial charge is 0.423 e. The van der Waals surface area contributed by atoms with Gasteiger partial charge in [0, 0.05) is 0 Å². The number of aryl methyl sites for hydroxylation is 2. The van der Waals surface area contributed by atoms with Crippen molar-refractivity contribution in [3.05, 3.63) is 47.5 Å². The van der Waals surface area contributed by atoms with Crippen LogP contribution in [0.15, 0.2) is 40.8 Å². The minimum Gasteiger partial charge on any atom is -0.423 e. The number of fused-ring (bicyclic) bond motifs is 2. The van der Waals surface area contributed by atoms with Crippen molar-refractivity contribution in [1.82, 2.24) is 9.97 Å². The minimum absolute atomic E-state index is 0.477. The van der Waals surface area contributed by atoms with Crippen LogP contribution in [0.25, 0.3) is 21.3 Å². The zero-order chi connectivity index (χ0) is 14.4. The smallest absolute Gasteiger partial charge is 0.302 e. The van der Waals surface area contributed by atoms with Gasteiger partial charge in [-0.3, -0.25) is 5.32 Å². The Morgan fingerprint density at radius 1 is 1.00 bits per heavy atom. The summed E-state index contributed by atoms with van der Waals surface area (Å²) in [5.41, 5.74) is 5.07. The van der Waals surface area contributed by atoms with E-state index >= 15 is 0 Å². The van der Waals surface area contributed by atoms with Crippen LogP contribution < -0.4 is 5.32 Å². The lowest BCUT2D eigenvalue weighted by Gasteiger charge is -1.96. The van der Waals surface area contributed by atoms with Gasteiger partial charge in [-0.05, 0) is 37.1 Å². The van der Waals surface area contributed by atoms with Crippen LogP contribution in [0, 0.1) is 13.8 Å². The van der Waals surface area contributed by atoms with Crippen molar-refractivity contribution in [1.29, 1.82) is 0 Å². The van der Waals surface area contributed by atoms with Crippen molar-refractivity contribution < 1.29 is 4.42 Å². The maximum absolute atomic E-state index is 5.67. The van der Waals surface area contributed by atoms with Crippen LogP contribution in [0.3, 0.4) is 0 Å². The highest BCUT2D eigenvalue weighted by Gasteiger charge is 2.11. The number of benzene rings is 2. The molecule has 0 radical (unpaired) electrons.